The number of nitrogens with zero attached hydrogens (tertiary/aromatic N) is 7. The number of anilines is 1. The van der Waals surface area contributed by atoms with Gasteiger partial charge in [-0.2, -0.15) is 28.5 Å². The van der Waals surface area contributed by atoms with E-state index in [1.165, 1.54) is 22.9 Å². The maximum Gasteiger partial charge on any atom is 0.433 e. The van der Waals surface area contributed by atoms with Crippen molar-refractivity contribution in [2.45, 2.75) is 39.0 Å². The van der Waals surface area contributed by atoms with Crippen LogP contribution in [0.4, 0.5) is 23.5 Å². The molecule has 0 spiro atoms. The Kier molecular flexibility index (Phi) is 6.69. The van der Waals surface area contributed by atoms with Gasteiger partial charge in [-0.05, 0) is 37.1 Å². The molecule has 0 bridgehead atoms. The topological polar surface area (TPSA) is 116 Å². The molecule has 0 aliphatic carbocycles. The van der Waals surface area contributed by atoms with Gasteiger partial charge in [-0.25, -0.2) is 9.07 Å². The van der Waals surface area contributed by atoms with Crippen LogP contribution in [0.25, 0.3) is 11.0 Å². The lowest BCUT2D eigenvalue weighted by atomic mass is 10.1. The van der Waals surface area contributed by atoms with Crippen molar-refractivity contribution in [2.24, 2.45) is 0 Å². The third-order valence-electron chi connectivity index (χ3n) is 5.52. The molecule has 4 heterocycles. The molecule has 0 saturated heterocycles. The van der Waals surface area contributed by atoms with Crippen LogP contribution in [0.5, 0.6) is 0 Å². The molecule has 186 valence electrons. The van der Waals surface area contributed by atoms with Gasteiger partial charge in [0.2, 0.25) is 5.95 Å². The maximum absolute atomic E-state index is 13.3. The minimum absolute atomic E-state index is 0.0377. The summed E-state index contributed by atoms with van der Waals surface area (Å²) in [6, 6.07) is 6.09. The summed E-state index contributed by atoms with van der Waals surface area (Å²) in [6.45, 7) is 4.28. The quantitative estimate of drug-likeness (QED) is 0.382. The van der Waals surface area contributed by atoms with Crippen LogP contribution in [-0.2, 0) is 12.7 Å². The number of halogens is 4. The predicted molar refractivity (Wildman–Crippen MR) is 121 cm³/mol. The lowest BCUT2D eigenvalue weighted by molar-refractivity contribution is -0.141. The van der Waals surface area contributed by atoms with Crippen molar-refractivity contribution in [3.05, 3.63) is 75.5 Å². The largest absolute Gasteiger partial charge is 0.433 e. The molecular formula is C23H20F4N8O. The molecule has 0 aliphatic rings. The first-order valence-electron chi connectivity index (χ1n) is 10.9. The van der Waals surface area contributed by atoms with Gasteiger partial charge >= 0.3 is 6.18 Å². The zero-order chi connectivity index (χ0) is 26.0. The van der Waals surface area contributed by atoms with E-state index in [2.05, 4.69) is 25.0 Å². The van der Waals surface area contributed by atoms with Crippen LogP contribution < -0.4 is 10.5 Å². The Labute approximate surface area is 202 Å². The van der Waals surface area contributed by atoms with Gasteiger partial charge < -0.3 is 4.90 Å². The fraction of sp³-hybridized carbons (Fsp3) is 0.304. The zero-order valence-electron chi connectivity index (χ0n) is 19.2. The molecular weight excluding hydrogens is 480 g/mol. The molecule has 0 fully saturated rings. The van der Waals surface area contributed by atoms with Gasteiger partial charge in [-0.1, -0.05) is 13.0 Å². The highest BCUT2D eigenvalue weighted by Gasteiger charge is 2.32. The molecule has 4 aromatic rings. The Bertz CT molecular complexity index is 1470. The van der Waals surface area contributed by atoms with Gasteiger partial charge in [0, 0.05) is 12.7 Å². The number of pyridine rings is 2. The third kappa shape index (κ3) is 4.88. The number of fused-ring (bicyclic) bond motifs is 1. The van der Waals surface area contributed by atoms with E-state index in [9.17, 15) is 27.6 Å². The first-order valence-corrected chi connectivity index (χ1v) is 10.9. The van der Waals surface area contributed by atoms with E-state index in [1.54, 1.807) is 11.8 Å². The lowest BCUT2D eigenvalue weighted by Gasteiger charge is -2.22. The first-order chi connectivity index (χ1) is 17.1. The van der Waals surface area contributed by atoms with Gasteiger partial charge in [0.15, 0.2) is 11.3 Å². The van der Waals surface area contributed by atoms with Crippen molar-refractivity contribution in [3.8, 4) is 6.07 Å². The Morgan fingerprint density at radius 3 is 2.56 bits per heavy atom. The Balaban J connectivity index is 1.79. The zero-order valence-corrected chi connectivity index (χ0v) is 19.2. The van der Waals surface area contributed by atoms with Gasteiger partial charge in [-0.3, -0.25) is 19.7 Å². The molecule has 0 aromatic carbocycles. The van der Waals surface area contributed by atoms with Gasteiger partial charge in [0.25, 0.3) is 5.56 Å². The summed E-state index contributed by atoms with van der Waals surface area (Å²) in [4.78, 5) is 29.5. The summed E-state index contributed by atoms with van der Waals surface area (Å²) in [5.74, 6) is -0.294. The van der Waals surface area contributed by atoms with Crippen molar-refractivity contribution in [2.75, 3.05) is 11.4 Å². The fourth-order valence-corrected chi connectivity index (χ4v) is 3.72. The second-order valence-corrected chi connectivity index (χ2v) is 8.03. The maximum atomic E-state index is 13.3. The third-order valence-corrected chi connectivity index (χ3v) is 5.52. The van der Waals surface area contributed by atoms with E-state index in [1.807, 2.05) is 13.0 Å². The summed E-state index contributed by atoms with van der Waals surface area (Å²) in [5, 5.41) is 13.7. The predicted octanol–water partition coefficient (Wildman–Crippen LogP) is 3.97. The highest BCUT2D eigenvalue weighted by atomic mass is 19.4. The second kappa shape index (κ2) is 9.73. The first kappa shape index (κ1) is 24.8. The van der Waals surface area contributed by atoms with Crippen molar-refractivity contribution < 1.29 is 17.6 Å². The fourth-order valence-electron chi connectivity index (χ4n) is 3.72. The van der Waals surface area contributed by atoms with E-state index in [4.69, 9.17) is 0 Å². The normalized spacial score (nSPS) is 12.5. The van der Waals surface area contributed by atoms with Crippen LogP contribution in [0, 0.1) is 17.1 Å². The molecule has 4 rings (SSSR count). The molecule has 0 amide bonds. The van der Waals surface area contributed by atoms with Crippen molar-refractivity contribution in [3.63, 3.8) is 0 Å². The number of nitrogens with one attached hydrogen (secondary N) is 1. The molecule has 0 saturated carbocycles. The lowest BCUT2D eigenvalue weighted by Crippen LogP contribution is -2.28. The summed E-state index contributed by atoms with van der Waals surface area (Å²) in [7, 11) is 0. The average Bonchev–Trinajstić information content (AvgIpc) is 3.23. The Hall–Kier alpha value is -4.34. The molecule has 0 aliphatic heterocycles. The van der Waals surface area contributed by atoms with Crippen LogP contribution in [0.1, 0.15) is 49.0 Å². The molecule has 1 unspecified atom stereocenters. The van der Waals surface area contributed by atoms with Gasteiger partial charge in [0.05, 0.1) is 24.5 Å². The van der Waals surface area contributed by atoms with Crippen molar-refractivity contribution >= 4 is 17.0 Å². The number of hydrogen-bond donors (Lipinski definition) is 1. The van der Waals surface area contributed by atoms with Crippen LogP contribution in [0.2, 0.25) is 0 Å². The highest BCUT2D eigenvalue weighted by molar-refractivity contribution is 5.81. The smallest absolute Gasteiger partial charge is 0.336 e. The Morgan fingerprint density at radius 1 is 1.19 bits per heavy atom. The van der Waals surface area contributed by atoms with Crippen molar-refractivity contribution in [1.29, 1.82) is 5.26 Å². The van der Waals surface area contributed by atoms with Crippen LogP contribution in [0.15, 0.2) is 41.5 Å². The average molecular weight is 500 g/mol. The molecule has 9 nitrogen and oxygen atoms in total. The summed E-state index contributed by atoms with van der Waals surface area (Å²) < 4.78 is 53.3. The number of aromatic nitrogens is 6. The number of alkyl halides is 3. The van der Waals surface area contributed by atoms with E-state index >= 15 is 0 Å². The summed E-state index contributed by atoms with van der Waals surface area (Å²) in [5.41, 5.74) is -0.791. The van der Waals surface area contributed by atoms with E-state index in [0.717, 1.165) is 18.5 Å². The molecule has 0 radical (unpaired) electrons. The van der Waals surface area contributed by atoms with E-state index in [0.29, 0.717) is 24.2 Å². The van der Waals surface area contributed by atoms with Gasteiger partial charge in [-0.15, -0.1) is 0 Å². The number of rotatable bonds is 7. The number of nitriles is 1. The van der Waals surface area contributed by atoms with Crippen LogP contribution >= 0.6 is 0 Å². The minimum Gasteiger partial charge on any atom is -0.336 e. The van der Waals surface area contributed by atoms with E-state index in [-0.39, 0.29) is 29.2 Å². The van der Waals surface area contributed by atoms with Crippen LogP contribution in [-0.4, -0.2) is 36.3 Å². The number of H-pyrrole nitrogens is 1. The molecule has 4 aromatic heterocycles. The highest BCUT2D eigenvalue weighted by Crippen LogP contribution is 2.29. The molecule has 36 heavy (non-hydrogen) atoms. The summed E-state index contributed by atoms with van der Waals surface area (Å²) in [6.07, 6.45) is -1.73. The monoisotopic (exact) mass is 500 g/mol. The number of hydrogen-bond acceptors (Lipinski definition) is 7. The number of aromatic amines is 1. The van der Waals surface area contributed by atoms with Crippen LogP contribution in [0.3, 0.4) is 0 Å². The minimum atomic E-state index is -4.58. The summed E-state index contributed by atoms with van der Waals surface area (Å²) >= 11 is 0. The molecule has 1 N–H and O–H groups in total. The van der Waals surface area contributed by atoms with Gasteiger partial charge in [0.1, 0.15) is 23.0 Å². The van der Waals surface area contributed by atoms with Crippen molar-refractivity contribution in [1.82, 2.24) is 29.7 Å². The second-order valence-electron chi connectivity index (χ2n) is 8.03. The van der Waals surface area contributed by atoms with E-state index < -0.39 is 29.3 Å². The Morgan fingerprint density at radius 2 is 1.97 bits per heavy atom. The standard InChI is InChI=1S/C23H20F4N8O/c1-3-8-34(12-16-6-5-15(24)11-29-16)22-31-20-19(21(36)32-22)17(9-28)33-35(20)13(2)14-4-7-18(30-10-14)23(25,26)27/h4-7,10-11,13H,3,8,12H2,1-2H3,(H,31,32,36). The molecule has 1 atom stereocenters. The SMILES string of the molecule is CCCN(Cc1ccc(F)cn1)c1nc2c(c(C#N)nn2C(C)c2ccc(C(F)(F)F)nc2)c(=O)[nH]1. The molecule has 13 heteroatoms.